The van der Waals surface area contributed by atoms with E-state index in [1.165, 1.54) is 18.8 Å². The van der Waals surface area contributed by atoms with Crippen LogP contribution in [-0.2, 0) is 23.8 Å². The first kappa shape index (κ1) is 40.2. The molecule has 12 nitrogen and oxygen atoms in total. The van der Waals surface area contributed by atoms with Gasteiger partial charge in [-0.2, -0.15) is 0 Å². The van der Waals surface area contributed by atoms with Gasteiger partial charge in [0.25, 0.3) is 0 Å². The number of esters is 2. The molecule has 2 heterocycles. The molecular formula is C43H54O12. The average Bonchev–Trinajstić information content (AvgIpc) is 3.30. The summed E-state index contributed by atoms with van der Waals surface area (Å²) in [5, 5.41) is 42.6. The molecule has 2 fully saturated rings. The lowest BCUT2D eigenvalue weighted by atomic mass is 9.63. The normalized spacial score (nSPS) is 32.0. The molecule has 0 amide bonds. The van der Waals surface area contributed by atoms with Crippen molar-refractivity contribution in [1.29, 1.82) is 0 Å². The molecular weight excluding hydrogens is 708 g/mol. The van der Waals surface area contributed by atoms with Crippen LogP contribution in [0.15, 0.2) is 41.2 Å². The summed E-state index contributed by atoms with van der Waals surface area (Å²) in [7, 11) is 1.21. The molecule has 0 bridgehead atoms. The Hall–Kier alpha value is -4.42. The van der Waals surface area contributed by atoms with Gasteiger partial charge in [-0.05, 0) is 75.0 Å². The number of rotatable bonds is 7. The summed E-state index contributed by atoms with van der Waals surface area (Å²) in [4.78, 5) is 50.1. The highest BCUT2D eigenvalue weighted by Gasteiger charge is 2.66. The van der Waals surface area contributed by atoms with Gasteiger partial charge >= 0.3 is 11.9 Å². The van der Waals surface area contributed by atoms with Gasteiger partial charge in [0.05, 0.1) is 36.7 Å². The number of aromatic hydroxyl groups is 2. The third-order valence-electron chi connectivity index (χ3n) is 12.9. The van der Waals surface area contributed by atoms with Crippen LogP contribution in [0.25, 0.3) is 5.57 Å². The summed E-state index contributed by atoms with van der Waals surface area (Å²) in [6.45, 7) is 12.9. The van der Waals surface area contributed by atoms with Crippen LogP contribution in [0.3, 0.4) is 0 Å². The Bertz CT molecular complexity index is 1920. The number of benzene rings is 1. The number of cyclic esters (lactones) is 1. The maximum Gasteiger partial charge on any atom is 0.308 e. The topological polar surface area (TPSA) is 186 Å². The van der Waals surface area contributed by atoms with Crippen molar-refractivity contribution < 1.29 is 58.6 Å². The minimum atomic E-state index is -2.03. The van der Waals surface area contributed by atoms with Crippen LogP contribution in [0, 0.1) is 29.1 Å². The number of hydrogen-bond donors (Lipinski definition) is 4. The van der Waals surface area contributed by atoms with Gasteiger partial charge in [0.2, 0.25) is 11.5 Å². The van der Waals surface area contributed by atoms with E-state index in [9.17, 15) is 39.6 Å². The van der Waals surface area contributed by atoms with E-state index >= 15 is 0 Å². The fraction of sp³-hybridized carbons (Fsp3) is 0.581. The number of phenolic OH excluding ortho intramolecular Hbond substituents is 2. The summed E-state index contributed by atoms with van der Waals surface area (Å²) in [6.07, 6.45) is 11.4. The zero-order chi connectivity index (χ0) is 40.3. The van der Waals surface area contributed by atoms with Crippen LogP contribution in [0.2, 0.25) is 0 Å². The molecule has 0 spiro atoms. The third kappa shape index (κ3) is 6.58. The first-order chi connectivity index (χ1) is 25.9. The van der Waals surface area contributed by atoms with Crippen molar-refractivity contribution in [3.63, 3.8) is 0 Å². The minimum Gasteiger partial charge on any atom is -0.504 e. The monoisotopic (exact) mass is 762 g/mol. The molecule has 4 N–H and O–H groups in total. The van der Waals surface area contributed by atoms with Crippen LogP contribution in [0.1, 0.15) is 120 Å². The summed E-state index contributed by atoms with van der Waals surface area (Å²) < 4.78 is 22.4. The number of fused-ring (bicyclic) bond motifs is 2. The number of methoxy groups -OCH3 is 1. The molecule has 9 atom stereocenters. The fourth-order valence-corrected chi connectivity index (χ4v) is 9.05. The minimum absolute atomic E-state index is 0.0453. The first-order valence-corrected chi connectivity index (χ1v) is 19.4. The molecule has 1 aromatic rings. The number of carbonyl (C=O) groups is 4. The first-order valence-electron chi connectivity index (χ1n) is 19.4. The lowest BCUT2D eigenvalue weighted by molar-refractivity contribution is -0.162. The Morgan fingerprint density at radius 3 is 2.40 bits per heavy atom. The number of aliphatic hydroxyl groups is 2. The number of ketones is 2. The highest BCUT2D eigenvalue weighted by Crippen LogP contribution is 2.61. The van der Waals surface area contributed by atoms with Crippen molar-refractivity contribution in [1.82, 2.24) is 0 Å². The number of carbonyl (C=O) groups excluding carboxylic acids is 4. The van der Waals surface area contributed by atoms with Gasteiger partial charge in [-0.1, -0.05) is 52.8 Å². The molecule has 2 aliphatic heterocycles. The van der Waals surface area contributed by atoms with Gasteiger partial charge in [0, 0.05) is 28.9 Å². The summed E-state index contributed by atoms with van der Waals surface area (Å²) in [5.74, 6) is -2.38. The highest BCUT2D eigenvalue weighted by atomic mass is 16.6. The van der Waals surface area contributed by atoms with Crippen LogP contribution in [-0.4, -0.2) is 81.1 Å². The lowest BCUT2D eigenvalue weighted by Crippen LogP contribution is -2.53. The van der Waals surface area contributed by atoms with Gasteiger partial charge in [-0.25, -0.2) is 0 Å². The second-order valence-corrected chi connectivity index (χ2v) is 16.5. The molecule has 4 aliphatic carbocycles. The molecule has 1 aromatic carbocycles. The van der Waals surface area contributed by atoms with Crippen molar-refractivity contribution in [2.75, 3.05) is 7.11 Å². The Labute approximate surface area is 321 Å². The second-order valence-electron chi connectivity index (χ2n) is 16.5. The molecule has 6 aliphatic rings. The number of allylic oxidation sites excluding steroid dienone is 6. The van der Waals surface area contributed by atoms with Crippen molar-refractivity contribution in [2.45, 2.75) is 123 Å². The second kappa shape index (κ2) is 14.9. The van der Waals surface area contributed by atoms with E-state index in [2.05, 4.69) is 25.2 Å². The fourth-order valence-electron chi connectivity index (χ4n) is 9.05. The molecule has 298 valence electrons. The number of ether oxygens (including phenoxy) is 4. The maximum atomic E-state index is 13.4. The number of Topliss-reactive ketones (excluding diaryl/α,β-unsaturated/α-hetero) is 1. The Morgan fingerprint density at radius 1 is 1.05 bits per heavy atom. The third-order valence-corrected chi connectivity index (χ3v) is 12.9. The van der Waals surface area contributed by atoms with Gasteiger partial charge in [0.15, 0.2) is 22.9 Å². The quantitative estimate of drug-likeness (QED) is 0.228. The number of hydrogen-bond acceptors (Lipinski definition) is 12. The summed E-state index contributed by atoms with van der Waals surface area (Å²) in [5.41, 5.74) is -1.25. The molecule has 55 heavy (non-hydrogen) atoms. The van der Waals surface area contributed by atoms with E-state index in [4.69, 9.17) is 18.9 Å². The van der Waals surface area contributed by atoms with Gasteiger partial charge in [0.1, 0.15) is 24.1 Å². The van der Waals surface area contributed by atoms with Crippen molar-refractivity contribution in [3.05, 3.63) is 57.9 Å². The zero-order valence-corrected chi connectivity index (χ0v) is 32.9. The average molecular weight is 763 g/mol. The number of aliphatic hydroxyl groups excluding tert-OH is 1. The van der Waals surface area contributed by atoms with E-state index < -0.39 is 46.3 Å². The predicted octanol–water partition coefficient (Wildman–Crippen LogP) is 6.28. The zero-order valence-electron chi connectivity index (χ0n) is 32.9. The van der Waals surface area contributed by atoms with E-state index in [0.717, 1.165) is 32.1 Å². The Balaban J connectivity index is 0.000000187. The lowest BCUT2D eigenvalue weighted by Gasteiger charge is -2.42. The molecule has 0 saturated carbocycles. The standard InChI is InChI=1S/C23H34O5.C20H20O7/c1-4-14(2)23(26)28-20-7-5-6-16-9-8-15(3)19(22(16)20)11-10-18-12-17(24)13-21(25)27-18;1-7-6-9(21)11-12-10(7)18-20(25,19(3,4)8(2)27-18)17(24)13(12)15(23)16(26-5)14(11)22/h6,8-9,14-15,17-20,22,24H,4-5,7,10-13H2,1-3H3;6,8,22-23,25H,1-5H3/t14-,15-,17+,18+,19-,20-,22-;/m0./s1. The van der Waals surface area contributed by atoms with Gasteiger partial charge in [-0.3, -0.25) is 19.2 Å². The largest absolute Gasteiger partial charge is 0.504 e. The molecule has 2 unspecified atom stereocenters. The van der Waals surface area contributed by atoms with E-state index in [0.29, 0.717) is 29.4 Å². The summed E-state index contributed by atoms with van der Waals surface area (Å²) >= 11 is 0. The maximum absolute atomic E-state index is 13.4. The van der Waals surface area contributed by atoms with E-state index in [-0.39, 0.29) is 70.6 Å². The smallest absolute Gasteiger partial charge is 0.308 e. The Kier molecular flexibility index (Phi) is 10.9. The molecule has 7 rings (SSSR count). The van der Waals surface area contributed by atoms with Crippen molar-refractivity contribution in [2.24, 2.45) is 29.1 Å². The van der Waals surface area contributed by atoms with E-state index in [1.54, 1.807) is 27.7 Å². The predicted molar refractivity (Wildman–Crippen MR) is 201 cm³/mol. The van der Waals surface area contributed by atoms with Crippen molar-refractivity contribution in [3.8, 4) is 17.2 Å². The van der Waals surface area contributed by atoms with Crippen molar-refractivity contribution >= 4 is 29.1 Å². The molecule has 0 radical (unpaired) electrons. The van der Waals surface area contributed by atoms with Crippen LogP contribution >= 0.6 is 0 Å². The number of phenols is 2. The molecule has 12 heteroatoms. The molecule has 2 saturated heterocycles. The van der Waals surface area contributed by atoms with Crippen LogP contribution in [0.4, 0.5) is 0 Å². The van der Waals surface area contributed by atoms with Crippen LogP contribution < -0.4 is 4.74 Å². The highest BCUT2D eigenvalue weighted by molar-refractivity contribution is 6.24. The van der Waals surface area contributed by atoms with Gasteiger partial charge in [-0.15, -0.1) is 0 Å². The molecule has 0 aromatic heterocycles. The van der Waals surface area contributed by atoms with E-state index in [1.807, 2.05) is 13.8 Å². The van der Waals surface area contributed by atoms with Gasteiger partial charge < -0.3 is 39.4 Å². The SMILES string of the molecule is CC[C@H](C)C(=O)O[C@H]1CCC=C2C=C[C@H](C)[C@H](CC[C@@H]3C[C@@H](O)CC(=O)O3)[C@H]21.COc1c(O)c2c3c(c1O)C(=O)C1(O)C(=C3C(C)=CC2=O)OC(C)C1(C)C. The Morgan fingerprint density at radius 2 is 1.75 bits per heavy atom. The summed E-state index contributed by atoms with van der Waals surface area (Å²) in [6, 6.07) is 0. The van der Waals surface area contributed by atoms with Crippen LogP contribution in [0.5, 0.6) is 17.2 Å².